The van der Waals surface area contributed by atoms with Crippen LogP contribution in [0.3, 0.4) is 0 Å². The average molecular weight is 319 g/mol. The Kier molecular flexibility index (Phi) is 4.46. The highest BCUT2D eigenvalue weighted by atomic mass is 32.1. The summed E-state index contributed by atoms with van der Waals surface area (Å²) in [5.74, 6) is 0.196. The molecule has 0 saturated carbocycles. The van der Waals surface area contributed by atoms with Gasteiger partial charge in [-0.25, -0.2) is 15.0 Å². The lowest BCUT2D eigenvalue weighted by Crippen LogP contribution is -2.41. The molecule has 22 heavy (non-hydrogen) atoms. The minimum Gasteiger partial charge on any atom is -0.357 e. The molecular weight excluding hydrogens is 298 g/mol. The highest BCUT2D eigenvalue weighted by molar-refractivity contribution is 7.11. The van der Waals surface area contributed by atoms with Crippen LogP contribution in [-0.2, 0) is 5.54 Å². The van der Waals surface area contributed by atoms with Crippen molar-refractivity contribution in [2.45, 2.75) is 40.2 Å². The minimum absolute atomic E-state index is 0.238. The van der Waals surface area contributed by atoms with Gasteiger partial charge in [0.25, 0.3) is 5.91 Å². The fourth-order valence-corrected chi connectivity index (χ4v) is 2.91. The maximum Gasteiger partial charge on any atom is 0.270 e. The molecule has 2 aromatic heterocycles. The van der Waals surface area contributed by atoms with Gasteiger partial charge in [-0.3, -0.25) is 4.79 Å². The number of aryl methyl sites for hydroxylation is 3. The van der Waals surface area contributed by atoms with Crippen molar-refractivity contribution in [2.75, 3.05) is 12.4 Å². The number of rotatable bonds is 4. The van der Waals surface area contributed by atoms with Gasteiger partial charge >= 0.3 is 0 Å². The number of carbonyl (C=O) groups is 1. The summed E-state index contributed by atoms with van der Waals surface area (Å²) in [6, 6.07) is 1.67. The quantitative estimate of drug-likeness (QED) is 0.905. The number of thiazole rings is 1. The number of nitrogens with zero attached hydrogens (tertiary/aromatic N) is 3. The largest absolute Gasteiger partial charge is 0.357 e. The van der Waals surface area contributed by atoms with E-state index in [0.717, 1.165) is 21.3 Å². The number of hydrogen-bond acceptors (Lipinski definition) is 6. The first-order chi connectivity index (χ1) is 10.2. The summed E-state index contributed by atoms with van der Waals surface area (Å²) in [5, 5.41) is 6.74. The number of amides is 1. The molecule has 6 nitrogen and oxygen atoms in total. The molecule has 0 radical (unpaired) electrons. The highest BCUT2D eigenvalue weighted by Gasteiger charge is 2.28. The molecule has 0 aliphatic rings. The van der Waals surface area contributed by atoms with Gasteiger partial charge in [0.05, 0.1) is 11.2 Å². The predicted molar refractivity (Wildman–Crippen MR) is 88.4 cm³/mol. The average Bonchev–Trinajstić information content (AvgIpc) is 2.78. The van der Waals surface area contributed by atoms with Gasteiger partial charge in [0.15, 0.2) is 0 Å². The van der Waals surface area contributed by atoms with E-state index in [9.17, 15) is 4.79 Å². The third-order valence-corrected chi connectivity index (χ3v) is 4.70. The van der Waals surface area contributed by atoms with Crippen LogP contribution >= 0.6 is 11.3 Å². The lowest BCUT2D eigenvalue weighted by Gasteiger charge is -2.23. The van der Waals surface area contributed by atoms with Crippen LogP contribution in [0.4, 0.5) is 5.95 Å². The van der Waals surface area contributed by atoms with Crippen LogP contribution < -0.4 is 10.6 Å². The zero-order valence-corrected chi connectivity index (χ0v) is 14.6. The summed E-state index contributed by atoms with van der Waals surface area (Å²) in [4.78, 5) is 26.6. The van der Waals surface area contributed by atoms with Crippen molar-refractivity contribution in [3.8, 4) is 0 Å². The van der Waals surface area contributed by atoms with Crippen molar-refractivity contribution in [3.05, 3.63) is 33.0 Å². The normalized spacial score (nSPS) is 11.4. The van der Waals surface area contributed by atoms with Crippen LogP contribution in [0.1, 0.15) is 45.6 Å². The molecular formula is C15H21N5OS. The summed E-state index contributed by atoms with van der Waals surface area (Å²) in [6.45, 7) is 9.71. The summed E-state index contributed by atoms with van der Waals surface area (Å²) in [5.41, 5.74) is 1.52. The second-order valence-corrected chi connectivity index (χ2v) is 6.91. The Morgan fingerprint density at radius 1 is 1.18 bits per heavy atom. The molecule has 2 aromatic rings. The van der Waals surface area contributed by atoms with E-state index in [1.807, 2.05) is 34.6 Å². The maximum atomic E-state index is 12.5. The molecule has 0 saturated heterocycles. The van der Waals surface area contributed by atoms with Crippen molar-refractivity contribution < 1.29 is 4.79 Å². The predicted octanol–water partition coefficient (Wildman–Crippen LogP) is 2.57. The molecule has 1 amide bonds. The fraction of sp³-hybridized carbons (Fsp3) is 0.467. The molecule has 0 atom stereocenters. The molecule has 2 N–H and O–H groups in total. The SMILES string of the molecule is CNc1nc(C)cc(C(=O)NC(C)(C)c2nc(C)c(C)s2)n1. The lowest BCUT2D eigenvalue weighted by molar-refractivity contribution is 0.0906. The molecule has 2 heterocycles. The topological polar surface area (TPSA) is 79.8 Å². The number of carbonyl (C=O) groups excluding carboxylic acids is 1. The smallest absolute Gasteiger partial charge is 0.270 e. The van der Waals surface area contributed by atoms with Gasteiger partial charge in [-0.15, -0.1) is 11.3 Å². The van der Waals surface area contributed by atoms with Crippen molar-refractivity contribution in [3.63, 3.8) is 0 Å². The molecule has 0 aliphatic heterocycles. The zero-order chi connectivity index (χ0) is 16.5. The first kappa shape index (κ1) is 16.4. The van der Waals surface area contributed by atoms with E-state index in [1.54, 1.807) is 24.5 Å². The molecule has 118 valence electrons. The number of nitrogens with one attached hydrogen (secondary N) is 2. The summed E-state index contributed by atoms with van der Waals surface area (Å²) < 4.78 is 0. The first-order valence-corrected chi connectivity index (χ1v) is 7.85. The lowest BCUT2D eigenvalue weighted by atomic mass is 10.1. The Morgan fingerprint density at radius 2 is 1.86 bits per heavy atom. The Hall–Kier alpha value is -2.02. The molecule has 0 bridgehead atoms. The van der Waals surface area contributed by atoms with Crippen molar-refractivity contribution in [1.29, 1.82) is 0 Å². The van der Waals surface area contributed by atoms with Crippen LogP contribution in [0, 0.1) is 20.8 Å². The monoisotopic (exact) mass is 319 g/mol. The highest BCUT2D eigenvalue weighted by Crippen LogP contribution is 2.27. The third kappa shape index (κ3) is 3.41. The van der Waals surface area contributed by atoms with Crippen LogP contribution in [0.15, 0.2) is 6.07 Å². The molecule has 0 spiro atoms. The molecule has 7 heteroatoms. The van der Waals surface area contributed by atoms with Crippen molar-refractivity contribution in [2.24, 2.45) is 0 Å². The summed E-state index contributed by atoms with van der Waals surface area (Å²) in [6.07, 6.45) is 0. The van der Waals surface area contributed by atoms with Crippen molar-refractivity contribution >= 4 is 23.2 Å². The number of hydrogen-bond donors (Lipinski definition) is 2. The number of anilines is 1. The van der Waals surface area contributed by atoms with Crippen LogP contribution in [0.2, 0.25) is 0 Å². The van der Waals surface area contributed by atoms with Gasteiger partial charge < -0.3 is 10.6 Å². The molecule has 2 rings (SSSR count). The fourth-order valence-electron chi connectivity index (χ4n) is 1.94. The Morgan fingerprint density at radius 3 is 2.41 bits per heavy atom. The standard InChI is InChI=1S/C15H21N5OS/c1-8-7-11(19-14(16-6)17-8)12(21)20-15(4,5)13-18-9(2)10(3)22-13/h7H,1-6H3,(H,20,21)(H,16,17,19). The van der Waals surface area contributed by atoms with E-state index in [-0.39, 0.29) is 5.91 Å². The van der Waals surface area contributed by atoms with Gasteiger partial charge in [-0.2, -0.15) is 0 Å². The molecule has 0 aromatic carbocycles. The van der Waals surface area contributed by atoms with E-state index in [0.29, 0.717) is 11.6 Å². The van der Waals surface area contributed by atoms with E-state index in [2.05, 4.69) is 25.6 Å². The molecule has 0 fully saturated rings. The van der Waals surface area contributed by atoms with E-state index < -0.39 is 5.54 Å². The third-order valence-electron chi connectivity index (χ3n) is 3.30. The van der Waals surface area contributed by atoms with Gasteiger partial charge in [0.1, 0.15) is 10.7 Å². The second kappa shape index (κ2) is 6.00. The van der Waals surface area contributed by atoms with Gasteiger partial charge in [-0.1, -0.05) is 0 Å². The summed E-state index contributed by atoms with van der Waals surface area (Å²) >= 11 is 1.60. The summed E-state index contributed by atoms with van der Waals surface area (Å²) in [7, 11) is 1.72. The first-order valence-electron chi connectivity index (χ1n) is 7.03. The van der Waals surface area contributed by atoms with Gasteiger partial charge in [0.2, 0.25) is 5.95 Å². The van der Waals surface area contributed by atoms with Crippen LogP contribution in [0.25, 0.3) is 0 Å². The maximum absolute atomic E-state index is 12.5. The van der Waals surface area contributed by atoms with Crippen molar-refractivity contribution in [1.82, 2.24) is 20.3 Å². The molecule has 0 unspecified atom stereocenters. The van der Waals surface area contributed by atoms with Gasteiger partial charge in [0, 0.05) is 17.6 Å². The minimum atomic E-state index is -0.556. The van der Waals surface area contributed by atoms with Crippen LogP contribution in [-0.4, -0.2) is 27.9 Å². The van der Waals surface area contributed by atoms with E-state index >= 15 is 0 Å². The second-order valence-electron chi connectivity index (χ2n) is 5.71. The Bertz CT molecular complexity index is 688. The van der Waals surface area contributed by atoms with Gasteiger partial charge in [-0.05, 0) is 40.7 Å². The number of aromatic nitrogens is 3. The molecule has 0 aliphatic carbocycles. The Labute approximate surface area is 134 Å². The van der Waals surface area contributed by atoms with E-state index in [4.69, 9.17) is 0 Å². The zero-order valence-electron chi connectivity index (χ0n) is 13.7. The Balaban J connectivity index is 2.25. The van der Waals surface area contributed by atoms with Crippen LogP contribution in [0.5, 0.6) is 0 Å². The van der Waals surface area contributed by atoms with E-state index in [1.165, 1.54) is 0 Å².